The average Bonchev–Trinajstić information content (AvgIpc) is 2.34. The molecule has 0 saturated heterocycles. The van der Waals surface area contributed by atoms with Crippen molar-refractivity contribution >= 4 is 17.7 Å². The van der Waals surface area contributed by atoms with Crippen LogP contribution in [0.4, 0.5) is 0 Å². The van der Waals surface area contributed by atoms with E-state index in [0.717, 1.165) is 11.4 Å². The topological polar surface area (TPSA) is 0 Å². The van der Waals surface area contributed by atoms with Gasteiger partial charge in [-0.1, -0.05) is 29.8 Å². The van der Waals surface area contributed by atoms with E-state index in [9.17, 15) is 0 Å². The zero-order valence-electron chi connectivity index (χ0n) is 6.39. The molecule has 0 aromatic heterocycles. The summed E-state index contributed by atoms with van der Waals surface area (Å²) in [4.78, 5) is 0. The predicted octanol–water partition coefficient (Wildman–Crippen LogP) is 3.22. The van der Waals surface area contributed by atoms with Crippen molar-refractivity contribution in [2.75, 3.05) is 0 Å². The maximum absolute atomic E-state index is 6.02. The van der Waals surface area contributed by atoms with E-state index in [2.05, 4.69) is 25.1 Å². The van der Waals surface area contributed by atoms with Crippen LogP contribution in [0.25, 0.3) is 6.08 Å². The van der Waals surface area contributed by atoms with E-state index >= 15 is 0 Å². The monoisotopic (exact) mass is 164 g/mol. The highest BCUT2D eigenvalue weighted by Gasteiger charge is 2.08. The van der Waals surface area contributed by atoms with Crippen LogP contribution >= 0.6 is 11.6 Å². The summed E-state index contributed by atoms with van der Waals surface area (Å²) < 4.78 is 0. The quantitative estimate of drug-likeness (QED) is 0.553. The number of aryl methyl sites for hydroxylation is 1. The Morgan fingerprint density at radius 3 is 3.00 bits per heavy atom. The van der Waals surface area contributed by atoms with Crippen LogP contribution in [0.2, 0.25) is 5.02 Å². The first-order valence-electron chi connectivity index (χ1n) is 3.73. The third kappa shape index (κ3) is 1.08. The van der Waals surface area contributed by atoms with Crippen LogP contribution in [-0.4, -0.2) is 0 Å². The maximum atomic E-state index is 6.02. The Labute approximate surface area is 71.5 Å². The zero-order chi connectivity index (χ0) is 7.84. The first-order chi connectivity index (χ1) is 5.27. The summed E-state index contributed by atoms with van der Waals surface area (Å²) in [6.07, 6.45) is 5.28. The van der Waals surface area contributed by atoms with Gasteiger partial charge in [-0.15, -0.1) is 0 Å². The molecule has 1 aromatic rings. The number of fused-ring (bicyclic) bond motifs is 1. The Balaban J connectivity index is 2.67. The average molecular weight is 165 g/mol. The minimum Gasteiger partial charge on any atom is -0.0837 e. The van der Waals surface area contributed by atoms with Gasteiger partial charge in [-0.3, -0.25) is 0 Å². The SMILES string of the molecule is Cc1cc(Cl)c2c(c1)CC=C2. The molecule has 0 radical (unpaired) electrons. The molecule has 0 saturated carbocycles. The van der Waals surface area contributed by atoms with Crippen LogP contribution < -0.4 is 0 Å². The molecule has 2 rings (SSSR count). The van der Waals surface area contributed by atoms with Gasteiger partial charge in [-0.05, 0) is 36.1 Å². The molecule has 0 atom stereocenters. The van der Waals surface area contributed by atoms with E-state index in [1.807, 2.05) is 6.07 Å². The van der Waals surface area contributed by atoms with Crippen molar-refractivity contribution in [2.45, 2.75) is 13.3 Å². The van der Waals surface area contributed by atoms with Crippen LogP contribution in [0.3, 0.4) is 0 Å². The number of allylic oxidation sites excluding steroid dienone is 1. The van der Waals surface area contributed by atoms with Gasteiger partial charge in [0.05, 0.1) is 0 Å². The highest BCUT2D eigenvalue weighted by atomic mass is 35.5. The molecule has 0 amide bonds. The second kappa shape index (κ2) is 2.38. The van der Waals surface area contributed by atoms with Crippen molar-refractivity contribution < 1.29 is 0 Å². The van der Waals surface area contributed by atoms with E-state index < -0.39 is 0 Å². The molecule has 0 aliphatic heterocycles. The van der Waals surface area contributed by atoms with E-state index in [0.29, 0.717) is 0 Å². The molecule has 1 aliphatic rings. The first-order valence-corrected chi connectivity index (χ1v) is 4.11. The zero-order valence-corrected chi connectivity index (χ0v) is 7.15. The molecule has 0 nitrogen and oxygen atoms in total. The highest BCUT2D eigenvalue weighted by Crippen LogP contribution is 2.28. The lowest BCUT2D eigenvalue weighted by atomic mass is 10.1. The molecule has 1 heteroatoms. The molecule has 0 spiro atoms. The molecular weight excluding hydrogens is 156 g/mol. The third-order valence-corrected chi connectivity index (χ3v) is 2.29. The lowest BCUT2D eigenvalue weighted by Gasteiger charge is -2.02. The van der Waals surface area contributed by atoms with Gasteiger partial charge in [0, 0.05) is 5.02 Å². The molecule has 0 bridgehead atoms. The molecule has 0 unspecified atom stereocenters. The number of rotatable bonds is 0. The number of hydrogen-bond acceptors (Lipinski definition) is 0. The van der Waals surface area contributed by atoms with E-state index in [1.165, 1.54) is 16.7 Å². The van der Waals surface area contributed by atoms with Crippen molar-refractivity contribution in [1.82, 2.24) is 0 Å². The number of halogens is 1. The van der Waals surface area contributed by atoms with Crippen molar-refractivity contribution in [3.05, 3.63) is 39.9 Å². The standard InChI is InChI=1S/C10H9Cl/c1-7-5-8-3-2-4-9(8)10(11)6-7/h2,4-6H,3H2,1H3. The molecule has 11 heavy (non-hydrogen) atoms. The summed E-state index contributed by atoms with van der Waals surface area (Å²) in [6, 6.07) is 4.21. The smallest absolute Gasteiger partial charge is 0.0483 e. The second-order valence-corrected chi connectivity index (χ2v) is 3.33. The van der Waals surface area contributed by atoms with Crippen LogP contribution in [0, 0.1) is 6.92 Å². The molecule has 0 fully saturated rings. The largest absolute Gasteiger partial charge is 0.0837 e. The van der Waals surface area contributed by atoms with Crippen LogP contribution in [0.1, 0.15) is 16.7 Å². The molecule has 1 aromatic carbocycles. The highest BCUT2D eigenvalue weighted by molar-refractivity contribution is 6.32. The number of benzene rings is 1. The number of hydrogen-bond donors (Lipinski definition) is 0. The van der Waals surface area contributed by atoms with E-state index in [1.54, 1.807) is 0 Å². The minimum atomic E-state index is 0.883. The summed E-state index contributed by atoms with van der Waals surface area (Å²) in [5.41, 5.74) is 3.81. The Bertz CT molecular complexity index is 324. The Morgan fingerprint density at radius 1 is 1.36 bits per heavy atom. The Morgan fingerprint density at radius 2 is 2.18 bits per heavy atom. The minimum absolute atomic E-state index is 0.883. The van der Waals surface area contributed by atoms with Crippen molar-refractivity contribution in [3.8, 4) is 0 Å². The van der Waals surface area contributed by atoms with Crippen LogP contribution in [0.5, 0.6) is 0 Å². The van der Waals surface area contributed by atoms with Gasteiger partial charge in [-0.2, -0.15) is 0 Å². The Kier molecular flexibility index (Phi) is 1.50. The fourth-order valence-electron chi connectivity index (χ4n) is 1.48. The summed E-state index contributed by atoms with van der Waals surface area (Å²) in [5.74, 6) is 0. The summed E-state index contributed by atoms with van der Waals surface area (Å²) >= 11 is 6.02. The Hall–Kier alpha value is -0.750. The molecular formula is C10H9Cl. The molecule has 0 N–H and O–H groups in total. The van der Waals surface area contributed by atoms with Crippen LogP contribution in [0.15, 0.2) is 18.2 Å². The van der Waals surface area contributed by atoms with Crippen molar-refractivity contribution in [2.24, 2.45) is 0 Å². The predicted molar refractivity (Wildman–Crippen MR) is 48.9 cm³/mol. The second-order valence-electron chi connectivity index (χ2n) is 2.93. The summed E-state index contributed by atoms with van der Waals surface area (Å²) in [6.45, 7) is 2.07. The van der Waals surface area contributed by atoms with Crippen LogP contribution in [-0.2, 0) is 6.42 Å². The fraction of sp³-hybridized carbons (Fsp3) is 0.200. The van der Waals surface area contributed by atoms with Crippen molar-refractivity contribution in [3.63, 3.8) is 0 Å². The van der Waals surface area contributed by atoms with Gasteiger partial charge >= 0.3 is 0 Å². The molecule has 1 aliphatic carbocycles. The van der Waals surface area contributed by atoms with Gasteiger partial charge < -0.3 is 0 Å². The summed E-state index contributed by atoms with van der Waals surface area (Å²) in [7, 11) is 0. The fourth-order valence-corrected chi connectivity index (χ4v) is 1.84. The lowest BCUT2D eigenvalue weighted by Crippen LogP contribution is -1.84. The maximum Gasteiger partial charge on any atom is 0.0483 e. The third-order valence-electron chi connectivity index (χ3n) is 1.98. The molecule has 56 valence electrons. The van der Waals surface area contributed by atoms with Gasteiger partial charge in [0.25, 0.3) is 0 Å². The van der Waals surface area contributed by atoms with Gasteiger partial charge in [0.1, 0.15) is 0 Å². The lowest BCUT2D eigenvalue weighted by molar-refractivity contribution is 1.28. The van der Waals surface area contributed by atoms with E-state index in [4.69, 9.17) is 11.6 Å². The first kappa shape index (κ1) is 6.93. The van der Waals surface area contributed by atoms with Gasteiger partial charge in [-0.25, -0.2) is 0 Å². The van der Waals surface area contributed by atoms with Gasteiger partial charge in [0.2, 0.25) is 0 Å². The van der Waals surface area contributed by atoms with E-state index in [-0.39, 0.29) is 0 Å². The normalized spacial score (nSPS) is 13.6. The van der Waals surface area contributed by atoms with Gasteiger partial charge in [0.15, 0.2) is 0 Å². The summed E-state index contributed by atoms with van der Waals surface area (Å²) in [5, 5.41) is 0.883. The van der Waals surface area contributed by atoms with Crippen molar-refractivity contribution in [1.29, 1.82) is 0 Å². The molecule has 0 heterocycles.